The van der Waals surface area contributed by atoms with Crippen molar-refractivity contribution in [2.24, 2.45) is 5.73 Å². The van der Waals surface area contributed by atoms with Crippen LogP contribution in [0.15, 0.2) is 18.2 Å². The molecule has 2 heterocycles. The number of imidazole rings is 1. The van der Waals surface area contributed by atoms with Crippen LogP contribution in [0.5, 0.6) is 0 Å². The van der Waals surface area contributed by atoms with Crippen molar-refractivity contribution in [2.75, 3.05) is 19.6 Å². The van der Waals surface area contributed by atoms with E-state index in [4.69, 9.17) is 5.73 Å². The molecule has 0 unspecified atom stereocenters. The molecule has 108 valence electrons. The van der Waals surface area contributed by atoms with E-state index in [-0.39, 0.29) is 5.82 Å². The summed E-state index contributed by atoms with van der Waals surface area (Å²) < 4.78 is 15.5. The van der Waals surface area contributed by atoms with Gasteiger partial charge in [0.1, 0.15) is 11.6 Å². The molecule has 1 aliphatic rings. The summed E-state index contributed by atoms with van der Waals surface area (Å²) in [5, 5.41) is 0. The summed E-state index contributed by atoms with van der Waals surface area (Å²) in [4.78, 5) is 7.04. The van der Waals surface area contributed by atoms with Crippen LogP contribution in [0.25, 0.3) is 11.0 Å². The van der Waals surface area contributed by atoms with E-state index in [1.54, 1.807) is 0 Å². The highest BCUT2D eigenvalue weighted by molar-refractivity contribution is 5.76. The molecule has 1 aromatic carbocycles. The first-order chi connectivity index (χ1) is 9.78. The zero-order valence-corrected chi connectivity index (χ0v) is 11.7. The number of aryl methyl sites for hydroxylation is 1. The average Bonchev–Trinajstić information content (AvgIpc) is 3.04. The summed E-state index contributed by atoms with van der Waals surface area (Å²) in [5.41, 5.74) is 7.38. The van der Waals surface area contributed by atoms with Gasteiger partial charge in [-0.05, 0) is 51.0 Å². The van der Waals surface area contributed by atoms with Crippen molar-refractivity contribution in [3.05, 3.63) is 29.8 Å². The van der Waals surface area contributed by atoms with Gasteiger partial charge in [-0.1, -0.05) is 0 Å². The summed E-state index contributed by atoms with van der Waals surface area (Å²) in [5.74, 6) is 0.801. The van der Waals surface area contributed by atoms with Crippen LogP contribution in [0.3, 0.4) is 0 Å². The Labute approximate surface area is 118 Å². The second-order valence-electron chi connectivity index (χ2n) is 5.44. The van der Waals surface area contributed by atoms with Crippen LogP contribution in [0.4, 0.5) is 4.39 Å². The Morgan fingerprint density at radius 3 is 2.80 bits per heavy atom. The Morgan fingerprint density at radius 1 is 1.25 bits per heavy atom. The van der Waals surface area contributed by atoms with Crippen molar-refractivity contribution >= 4 is 11.0 Å². The number of hydrogen-bond donors (Lipinski definition) is 1. The van der Waals surface area contributed by atoms with E-state index in [2.05, 4.69) is 14.5 Å². The van der Waals surface area contributed by atoms with Crippen molar-refractivity contribution < 1.29 is 4.39 Å². The van der Waals surface area contributed by atoms with Crippen LogP contribution in [-0.2, 0) is 13.1 Å². The lowest BCUT2D eigenvalue weighted by atomic mass is 10.3. The fourth-order valence-electron chi connectivity index (χ4n) is 2.91. The van der Waals surface area contributed by atoms with Crippen molar-refractivity contribution in [2.45, 2.75) is 32.4 Å². The first kappa shape index (κ1) is 13.5. The Balaban J connectivity index is 1.94. The molecule has 5 heteroatoms. The van der Waals surface area contributed by atoms with Crippen LogP contribution < -0.4 is 5.73 Å². The number of benzene rings is 1. The Kier molecular flexibility index (Phi) is 3.98. The van der Waals surface area contributed by atoms with E-state index >= 15 is 0 Å². The van der Waals surface area contributed by atoms with Gasteiger partial charge in [-0.15, -0.1) is 0 Å². The molecule has 0 saturated carbocycles. The molecule has 3 rings (SSSR count). The third kappa shape index (κ3) is 2.69. The van der Waals surface area contributed by atoms with E-state index in [1.807, 2.05) is 6.07 Å². The molecule has 4 nitrogen and oxygen atoms in total. The Morgan fingerprint density at radius 2 is 2.05 bits per heavy atom. The molecule has 1 fully saturated rings. The topological polar surface area (TPSA) is 47.1 Å². The molecule has 0 amide bonds. The molecule has 2 aromatic rings. The fourth-order valence-corrected chi connectivity index (χ4v) is 2.91. The third-order valence-corrected chi connectivity index (χ3v) is 3.94. The average molecular weight is 276 g/mol. The van der Waals surface area contributed by atoms with Gasteiger partial charge in [0.15, 0.2) is 0 Å². The smallest absolute Gasteiger partial charge is 0.125 e. The Bertz CT molecular complexity index is 587. The predicted molar refractivity (Wildman–Crippen MR) is 77.9 cm³/mol. The minimum absolute atomic E-state index is 0.228. The van der Waals surface area contributed by atoms with Gasteiger partial charge in [0.25, 0.3) is 0 Å². The molecule has 1 aromatic heterocycles. The number of aromatic nitrogens is 2. The highest BCUT2D eigenvalue weighted by Crippen LogP contribution is 2.20. The van der Waals surface area contributed by atoms with Crippen LogP contribution in [0.2, 0.25) is 0 Å². The lowest BCUT2D eigenvalue weighted by Gasteiger charge is -2.15. The molecule has 1 aliphatic heterocycles. The fraction of sp³-hybridized carbons (Fsp3) is 0.533. The molecule has 0 radical (unpaired) electrons. The van der Waals surface area contributed by atoms with Crippen molar-refractivity contribution in [1.82, 2.24) is 14.5 Å². The minimum Gasteiger partial charge on any atom is -0.330 e. The van der Waals surface area contributed by atoms with E-state index < -0.39 is 0 Å². The SMILES string of the molecule is NCCCn1c(CN2CCCC2)nc2cc(F)ccc21. The van der Waals surface area contributed by atoms with Gasteiger partial charge in [0.05, 0.1) is 17.6 Å². The molecule has 0 bridgehead atoms. The summed E-state index contributed by atoms with van der Waals surface area (Å²) in [6.07, 6.45) is 3.44. The summed E-state index contributed by atoms with van der Waals surface area (Å²) >= 11 is 0. The van der Waals surface area contributed by atoms with Gasteiger partial charge in [-0.25, -0.2) is 9.37 Å². The predicted octanol–water partition coefficient (Wildman–Crippen LogP) is 2.12. The monoisotopic (exact) mass is 276 g/mol. The van der Waals surface area contributed by atoms with Gasteiger partial charge < -0.3 is 10.3 Å². The van der Waals surface area contributed by atoms with E-state index in [0.717, 1.165) is 49.5 Å². The number of fused-ring (bicyclic) bond motifs is 1. The van der Waals surface area contributed by atoms with Crippen LogP contribution >= 0.6 is 0 Å². The van der Waals surface area contributed by atoms with Crippen LogP contribution in [0.1, 0.15) is 25.1 Å². The maximum atomic E-state index is 13.4. The molecule has 1 saturated heterocycles. The molecule has 0 atom stereocenters. The quantitative estimate of drug-likeness (QED) is 0.910. The molecular weight excluding hydrogens is 255 g/mol. The minimum atomic E-state index is -0.228. The summed E-state index contributed by atoms with van der Waals surface area (Å²) in [7, 11) is 0. The van der Waals surface area contributed by atoms with Gasteiger partial charge in [0.2, 0.25) is 0 Å². The van der Waals surface area contributed by atoms with E-state index in [0.29, 0.717) is 6.54 Å². The number of nitrogens with zero attached hydrogens (tertiary/aromatic N) is 3. The number of likely N-dealkylation sites (tertiary alicyclic amines) is 1. The molecule has 2 N–H and O–H groups in total. The van der Waals surface area contributed by atoms with E-state index in [1.165, 1.54) is 25.0 Å². The maximum Gasteiger partial charge on any atom is 0.125 e. The van der Waals surface area contributed by atoms with Gasteiger partial charge in [0, 0.05) is 12.6 Å². The lowest BCUT2D eigenvalue weighted by Crippen LogP contribution is -2.21. The molecular formula is C15H21FN4. The lowest BCUT2D eigenvalue weighted by molar-refractivity contribution is 0.316. The van der Waals surface area contributed by atoms with E-state index in [9.17, 15) is 4.39 Å². The number of halogens is 1. The van der Waals surface area contributed by atoms with Gasteiger partial charge in [-0.2, -0.15) is 0 Å². The van der Waals surface area contributed by atoms with Gasteiger partial charge >= 0.3 is 0 Å². The summed E-state index contributed by atoms with van der Waals surface area (Å²) in [6.45, 7) is 4.62. The molecule has 0 spiro atoms. The number of rotatable bonds is 5. The second-order valence-corrected chi connectivity index (χ2v) is 5.44. The number of hydrogen-bond acceptors (Lipinski definition) is 3. The van der Waals surface area contributed by atoms with Crippen LogP contribution in [0, 0.1) is 5.82 Å². The first-order valence-corrected chi connectivity index (χ1v) is 7.35. The van der Waals surface area contributed by atoms with Crippen molar-refractivity contribution in [3.63, 3.8) is 0 Å². The van der Waals surface area contributed by atoms with Gasteiger partial charge in [-0.3, -0.25) is 4.90 Å². The van der Waals surface area contributed by atoms with Crippen molar-refractivity contribution in [1.29, 1.82) is 0 Å². The highest BCUT2D eigenvalue weighted by atomic mass is 19.1. The third-order valence-electron chi connectivity index (χ3n) is 3.94. The first-order valence-electron chi connectivity index (χ1n) is 7.35. The largest absolute Gasteiger partial charge is 0.330 e. The maximum absolute atomic E-state index is 13.4. The number of nitrogens with two attached hydrogens (primary N) is 1. The van der Waals surface area contributed by atoms with Crippen LogP contribution in [-0.4, -0.2) is 34.1 Å². The highest BCUT2D eigenvalue weighted by Gasteiger charge is 2.17. The second kappa shape index (κ2) is 5.89. The summed E-state index contributed by atoms with van der Waals surface area (Å²) in [6, 6.07) is 4.84. The standard InChI is InChI=1S/C15H21FN4/c16-12-4-5-14-13(10-12)18-15(20(14)9-3-6-17)11-19-7-1-2-8-19/h4-5,10H,1-3,6-9,11,17H2. The normalized spacial score (nSPS) is 16.3. The zero-order chi connectivity index (χ0) is 13.9. The Hall–Kier alpha value is -1.46. The molecule has 20 heavy (non-hydrogen) atoms. The van der Waals surface area contributed by atoms with Crippen molar-refractivity contribution in [3.8, 4) is 0 Å². The molecule has 0 aliphatic carbocycles. The zero-order valence-electron chi connectivity index (χ0n) is 11.7.